The van der Waals surface area contributed by atoms with E-state index >= 15 is 0 Å². The fourth-order valence-corrected chi connectivity index (χ4v) is 2.34. The van der Waals surface area contributed by atoms with E-state index in [1.807, 2.05) is 18.7 Å². The summed E-state index contributed by atoms with van der Waals surface area (Å²) in [5.41, 5.74) is -0.899. The van der Waals surface area contributed by atoms with Gasteiger partial charge in [0.25, 0.3) is 0 Å². The number of rotatable bonds is 4. The highest BCUT2D eigenvalue weighted by Gasteiger charge is 2.44. The molecule has 1 aliphatic heterocycles. The lowest BCUT2D eigenvalue weighted by Crippen LogP contribution is -2.48. The molecule has 1 unspecified atom stereocenters. The second-order valence-corrected chi connectivity index (χ2v) is 5.22. The van der Waals surface area contributed by atoms with E-state index in [9.17, 15) is 9.90 Å². The lowest BCUT2D eigenvalue weighted by atomic mass is 9.99. The molecule has 1 saturated heterocycles. The molecule has 0 spiro atoms. The molecule has 19 heavy (non-hydrogen) atoms. The third kappa shape index (κ3) is 2.62. The van der Waals surface area contributed by atoms with Gasteiger partial charge in [0.05, 0.1) is 6.10 Å². The van der Waals surface area contributed by atoms with Gasteiger partial charge in [-0.2, -0.15) is 0 Å². The molecule has 1 N–H and O–H groups in total. The maximum Gasteiger partial charge on any atom is 0.329 e. The molecule has 0 radical (unpaired) electrons. The summed E-state index contributed by atoms with van der Waals surface area (Å²) in [5.74, 6) is 0.252. The SMILES string of the molecule is CC(C)Oc1cc(N2CCCC2(C)C(=O)O)ncn1. The molecular formula is C13H19N3O3. The fraction of sp³-hybridized carbons (Fsp3) is 0.615. The number of ether oxygens (including phenoxy) is 1. The van der Waals surface area contributed by atoms with Crippen LogP contribution in [-0.4, -0.2) is 39.2 Å². The van der Waals surface area contributed by atoms with Gasteiger partial charge in [-0.05, 0) is 33.6 Å². The Morgan fingerprint density at radius 2 is 2.26 bits per heavy atom. The molecule has 0 saturated carbocycles. The Kier molecular flexibility index (Phi) is 3.59. The first kappa shape index (κ1) is 13.6. The third-order valence-corrected chi connectivity index (χ3v) is 3.36. The van der Waals surface area contributed by atoms with Gasteiger partial charge < -0.3 is 14.7 Å². The number of anilines is 1. The van der Waals surface area contributed by atoms with Crippen LogP contribution in [0.2, 0.25) is 0 Å². The molecule has 1 aromatic heterocycles. The molecule has 0 amide bonds. The van der Waals surface area contributed by atoms with Crippen molar-refractivity contribution < 1.29 is 14.6 Å². The molecule has 6 heteroatoms. The fourth-order valence-electron chi connectivity index (χ4n) is 2.34. The van der Waals surface area contributed by atoms with Crippen molar-refractivity contribution in [1.82, 2.24) is 9.97 Å². The molecule has 1 aromatic rings. The van der Waals surface area contributed by atoms with Crippen molar-refractivity contribution in [3.05, 3.63) is 12.4 Å². The highest BCUT2D eigenvalue weighted by atomic mass is 16.5. The zero-order valence-corrected chi connectivity index (χ0v) is 11.5. The topological polar surface area (TPSA) is 75.5 Å². The van der Waals surface area contributed by atoms with Crippen LogP contribution in [-0.2, 0) is 4.79 Å². The first-order valence-corrected chi connectivity index (χ1v) is 6.43. The number of carboxylic acids is 1. The van der Waals surface area contributed by atoms with Gasteiger partial charge in [-0.25, -0.2) is 14.8 Å². The van der Waals surface area contributed by atoms with Crippen molar-refractivity contribution in [2.24, 2.45) is 0 Å². The summed E-state index contributed by atoms with van der Waals surface area (Å²) in [4.78, 5) is 21.5. The number of carbonyl (C=O) groups is 1. The maximum atomic E-state index is 11.5. The van der Waals surface area contributed by atoms with E-state index in [1.54, 1.807) is 13.0 Å². The van der Waals surface area contributed by atoms with Gasteiger partial charge >= 0.3 is 5.97 Å². The van der Waals surface area contributed by atoms with Gasteiger partial charge in [-0.1, -0.05) is 0 Å². The third-order valence-electron chi connectivity index (χ3n) is 3.36. The van der Waals surface area contributed by atoms with Gasteiger partial charge in [-0.3, -0.25) is 0 Å². The minimum atomic E-state index is -0.899. The molecule has 2 rings (SSSR count). The van der Waals surface area contributed by atoms with Crippen molar-refractivity contribution in [2.75, 3.05) is 11.4 Å². The molecular weight excluding hydrogens is 246 g/mol. The average Bonchev–Trinajstić information content (AvgIpc) is 2.72. The van der Waals surface area contributed by atoms with Gasteiger partial charge in [0.1, 0.15) is 17.7 Å². The number of hydrogen-bond acceptors (Lipinski definition) is 5. The van der Waals surface area contributed by atoms with Crippen molar-refractivity contribution in [3.8, 4) is 5.88 Å². The second kappa shape index (κ2) is 5.03. The molecule has 0 bridgehead atoms. The zero-order chi connectivity index (χ0) is 14.0. The van der Waals surface area contributed by atoms with Gasteiger partial charge in [0, 0.05) is 12.6 Å². The normalized spacial score (nSPS) is 22.8. The Hall–Kier alpha value is -1.85. The standard InChI is InChI=1S/C13H19N3O3/c1-9(2)19-11-7-10(14-8-15-11)16-6-4-5-13(16,3)12(17)18/h7-9H,4-6H2,1-3H3,(H,17,18). The summed E-state index contributed by atoms with van der Waals surface area (Å²) < 4.78 is 5.52. The molecule has 104 valence electrons. The quantitative estimate of drug-likeness (QED) is 0.893. The van der Waals surface area contributed by atoms with Crippen molar-refractivity contribution >= 4 is 11.8 Å². The van der Waals surface area contributed by atoms with Gasteiger partial charge in [0.2, 0.25) is 5.88 Å². The van der Waals surface area contributed by atoms with Crippen LogP contribution in [0.5, 0.6) is 5.88 Å². The smallest absolute Gasteiger partial charge is 0.329 e. The van der Waals surface area contributed by atoms with Gasteiger partial charge in [-0.15, -0.1) is 0 Å². The van der Waals surface area contributed by atoms with E-state index in [2.05, 4.69) is 9.97 Å². The second-order valence-electron chi connectivity index (χ2n) is 5.22. The lowest BCUT2D eigenvalue weighted by molar-refractivity contribution is -0.142. The Bertz CT molecular complexity index is 478. The summed E-state index contributed by atoms with van der Waals surface area (Å²) in [6.45, 7) is 6.24. The minimum Gasteiger partial charge on any atom is -0.480 e. The summed E-state index contributed by atoms with van der Waals surface area (Å²) in [6.07, 6.45) is 2.89. The van der Waals surface area contributed by atoms with Crippen LogP contribution < -0.4 is 9.64 Å². The summed E-state index contributed by atoms with van der Waals surface area (Å²) in [7, 11) is 0. The Balaban J connectivity index is 2.28. The molecule has 2 heterocycles. The van der Waals surface area contributed by atoms with Crippen LogP contribution in [0.15, 0.2) is 12.4 Å². The van der Waals surface area contributed by atoms with Crippen LogP contribution in [0.25, 0.3) is 0 Å². The number of carboxylic acid groups (broad SMARTS) is 1. The Morgan fingerprint density at radius 1 is 1.53 bits per heavy atom. The average molecular weight is 265 g/mol. The number of aliphatic carboxylic acids is 1. The Labute approximate surface area is 112 Å². The van der Waals surface area contributed by atoms with Crippen LogP contribution >= 0.6 is 0 Å². The predicted octanol–water partition coefficient (Wildman–Crippen LogP) is 1.71. The van der Waals surface area contributed by atoms with Crippen molar-refractivity contribution in [2.45, 2.75) is 45.3 Å². The summed E-state index contributed by atoms with van der Waals surface area (Å²) in [5, 5.41) is 9.40. The van der Waals surface area contributed by atoms with E-state index < -0.39 is 11.5 Å². The molecule has 1 fully saturated rings. The van der Waals surface area contributed by atoms with Crippen molar-refractivity contribution in [1.29, 1.82) is 0 Å². The van der Waals surface area contributed by atoms with Gasteiger partial charge in [0.15, 0.2) is 0 Å². The van der Waals surface area contributed by atoms with Crippen molar-refractivity contribution in [3.63, 3.8) is 0 Å². The van der Waals surface area contributed by atoms with E-state index in [-0.39, 0.29) is 6.10 Å². The van der Waals surface area contributed by atoms with E-state index in [1.165, 1.54) is 6.33 Å². The minimum absolute atomic E-state index is 0.0205. The largest absolute Gasteiger partial charge is 0.480 e. The highest BCUT2D eigenvalue weighted by Crippen LogP contribution is 2.33. The molecule has 1 atom stereocenters. The van der Waals surface area contributed by atoms with Crippen LogP contribution in [0, 0.1) is 0 Å². The lowest BCUT2D eigenvalue weighted by Gasteiger charge is -2.32. The van der Waals surface area contributed by atoms with Crippen LogP contribution in [0.1, 0.15) is 33.6 Å². The molecule has 0 aromatic carbocycles. The maximum absolute atomic E-state index is 11.5. The molecule has 1 aliphatic rings. The van der Waals surface area contributed by atoms with E-state index in [0.717, 1.165) is 6.42 Å². The first-order chi connectivity index (χ1) is 8.93. The van der Waals surface area contributed by atoms with E-state index in [0.29, 0.717) is 24.7 Å². The number of aromatic nitrogens is 2. The number of nitrogens with zero attached hydrogens (tertiary/aromatic N) is 3. The predicted molar refractivity (Wildman–Crippen MR) is 70.4 cm³/mol. The van der Waals surface area contributed by atoms with E-state index in [4.69, 9.17) is 4.74 Å². The molecule has 0 aliphatic carbocycles. The number of hydrogen-bond donors (Lipinski definition) is 1. The zero-order valence-electron chi connectivity index (χ0n) is 11.5. The van der Waals surface area contributed by atoms with Crippen LogP contribution in [0.4, 0.5) is 5.82 Å². The summed E-state index contributed by atoms with van der Waals surface area (Å²) >= 11 is 0. The first-order valence-electron chi connectivity index (χ1n) is 6.43. The highest BCUT2D eigenvalue weighted by molar-refractivity contribution is 5.83. The Morgan fingerprint density at radius 3 is 2.89 bits per heavy atom. The summed E-state index contributed by atoms with van der Waals surface area (Å²) in [6, 6.07) is 1.70. The molecule has 6 nitrogen and oxygen atoms in total. The monoisotopic (exact) mass is 265 g/mol. The van der Waals surface area contributed by atoms with Crippen LogP contribution in [0.3, 0.4) is 0 Å².